The van der Waals surface area contributed by atoms with Crippen LogP contribution in [0.1, 0.15) is 108 Å². The Morgan fingerprint density at radius 3 is 1.25 bits per heavy atom. The molecule has 24 heavy (non-hydrogen) atoms. The van der Waals surface area contributed by atoms with E-state index in [2.05, 4.69) is 69.2 Å². The molecule has 0 bridgehead atoms. The predicted octanol–water partition coefficient (Wildman–Crippen LogP) is 6.13. The van der Waals surface area contributed by atoms with Crippen LogP contribution in [0.2, 0.25) is 0 Å². The topological polar surface area (TPSA) is 52.0 Å². The normalized spacial score (nSPS) is 15.0. The molecule has 2 heteroatoms. The Bertz CT molecular complexity index is 338. The maximum absolute atomic E-state index is 7.32. The second-order valence-corrected chi connectivity index (χ2v) is 11.8. The Kier molecular flexibility index (Phi) is 8.05. The fourth-order valence-electron chi connectivity index (χ4n) is 5.28. The van der Waals surface area contributed by atoms with Crippen LogP contribution in [0.5, 0.6) is 0 Å². The van der Waals surface area contributed by atoms with E-state index < -0.39 is 0 Å². The average molecular weight is 341 g/mol. The molecule has 0 aliphatic rings. The molecule has 0 saturated heterocycles. The minimum atomic E-state index is -0.185. The third kappa shape index (κ3) is 7.04. The Morgan fingerprint density at radius 1 is 0.583 bits per heavy atom. The van der Waals surface area contributed by atoms with Gasteiger partial charge in [-0.25, -0.2) is 0 Å². The van der Waals surface area contributed by atoms with Crippen LogP contribution in [-0.4, -0.2) is 12.1 Å². The third-order valence-corrected chi connectivity index (χ3v) is 5.64. The summed E-state index contributed by atoms with van der Waals surface area (Å²) in [5, 5.41) is 0. The van der Waals surface area contributed by atoms with Crippen molar-refractivity contribution in [3.63, 3.8) is 0 Å². The van der Waals surface area contributed by atoms with Crippen molar-refractivity contribution in [2.24, 2.45) is 33.1 Å². The SMILES string of the molecule is CC(C)(C)CC(C)(C)C(N)(CCCCCN)C(C)(C)CC(C)(C)C. The monoisotopic (exact) mass is 340 g/mol. The van der Waals surface area contributed by atoms with Crippen LogP contribution in [0.15, 0.2) is 0 Å². The van der Waals surface area contributed by atoms with Gasteiger partial charge in [0.1, 0.15) is 0 Å². The van der Waals surface area contributed by atoms with Gasteiger partial charge in [-0.05, 0) is 53.9 Å². The lowest BCUT2D eigenvalue weighted by Crippen LogP contribution is -2.63. The first-order valence-corrected chi connectivity index (χ1v) is 9.96. The van der Waals surface area contributed by atoms with Gasteiger partial charge >= 0.3 is 0 Å². The summed E-state index contributed by atoms with van der Waals surface area (Å²) >= 11 is 0. The van der Waals surface area contributed by atoms with Gasteiger partial charge in [0.15, 0.2) is 0 Å². The molecule has 0 atom stereocenters. The highest BCUT2D eigenvalue weighted by Gasteiger charge is 2.53. The smallest absolute Gasteiger partial charge is 0.0258 e. The quantitative estimate of drug-likeness (QED) is 0.496. The van der Waals surface area contributed by atoms with E-state index in [0.717, 1.165) is 32.2 Å². The molecule has 0 unspecified atom stereocenters. The summed E-state index contributed by atoms with van der Waals surface area (Å²) in [6.07, 6.45) is 6.83. The molecule has 0 aliphatic carbocycles. The standard InChI is InChI=1S/C22H48N2/c1-18(2,3)16-20(7,8)22(24,14-12-11-13-15-23)21(9,10)17-19(4,5)6/h11-17,23-24H2,1-10H3. The molecule has 0 aliphatic heterocycles. The van der Waals surface area contributed by atoms with E-state index in [-0.39, 0.29) is 27.2 Å². The lowest BCUT2D eigenvalue weighted by atomic mass is 9.51. The minimum Gasteiger partial charge on any atom is -0.330 e. The van der Waals surface area contributed by atoms with Gasteiger partial charge in [-0.1, -0.05) is 82.1 Å². The van der Waals surface area contributed by atoms with Gasteiger partial charge in [0, 0.05) is 5.54 Å². The summed E-state index contributed by atoms with van der Waals surface area (Å²) in [4.78, 5) is 0. The van der Waals surface area contributed by atoms with Crippen LogP contribution in [0, 0.1) is 21.7 Å². The van der Waals surface area contributed by atoms with Crippen LogP contribution in [0.25, 0.3) is 0 Å². The number of unbranched alkanes of at least 4 members (excludes halogenated alkanes) is 2. The molecule has 2 nitrogen and oxygen atoms in total. The molecule has 0 rings (SSSR count). The van der Waals surface area contributed by atoms with Crippen LogP contribution >= 0.6 is 0 Å². The van der Waals surface area contributed by atoms with E-state index >= 15 is 0 Å². The molecule has 0 fully saturated rings. The summed E-state index contributed by atoms with van der Waals surface area (Å²) in [6.45, 7) is 24.4. The second kappa shape index (κ2) is 8.08. The van der Waals surface area contributed by atoms with Gasteiger partial charge in [0.2, 0.25) is 0 Å². The van der Waals surface area contributed by atoms with E-state index in [1.54, 1.807) is 0 Å². The van der Waals surface area contributed by atoms with Crippen molar-refractivity contribution in [3.05, 3.63) is 0 Å². The number of hydrogen-bond acceptors (Lipinski definition) is 2. The molecule has 0 amide bonds. The molecule has 0 saturated carbocycles. The van der Waals surface area contributed by atoms with Gasteiger partial charge in [0.05, 0.1) is 0 Å². The molecular weight excluding hydrogens is 292 g/mol. The lowest BCUT2D eigenvalue weighted by Gasteiger charge is -2.57. The molecule has 0 spiro atoms. The molecule has 0 aromatic rings. The highest BCUT2D eigenvalue weighted by molar-refractivity contribution is 5.08. The van der Waals surface area contributed by atoms with Gasteiger partial charge < -0.3 is 11.5 Å². The summed E-state index contributed by atoms with van der Waals surface area (Å²) in [7, 11) is 0. The fourth-order valence-corrected chi connectivity index (χ4v) is 5.28. The van der Waals surface area contributed by atoms with Crippen molar-refractivity contribution in [2.75, 3.05) is 6.54 Å². The molecule has 0 aromatic heterocycles. The highest BCUT2D eigenvalue weighted by Crippen LogP contribution is 2.54. The van der Waals surface area contributed by atoms with Crippen molar-refractivity contribution < 1.29 is 0 Å². The van der Waals surface area contributed by atoms with E-state index in [1.165, 1.54) is 12.8 Å². The van der Waals surface area contributed by atoms with E-state index in [0.29, 0.717) is 0 Å². The Labute approximate surface area is 153 Å². The number of hydrogen-bond donors (Lipinski definition) is 2. The van der Waals surface area contributed by atoms with E-state index in [9.17, 15) is 0 Å². The van der Waals surface area contributed by atoms with Crippen molar-refractivity contribution in [3.8, 4) is 0 Å². The van der Waals surface area contributed by atoms with Gasteiger partial charge in [-0.15, -0.1) is 0 Å². The summed E-state index contributed by atoms with van der Waals surface area (Å²) < 4.78 is 0. The van der Waals surface area contributed by atoms with Crippen LogP contribution in [0.3, 0.4) is 0 Å². The first-order valence-electron chi connectivity index (χ1n) is 9.96. The second-order valence-electron chi connectivity index (χ2n) is 11.8. The van der Waals surface area contributed by atoms with Crippen molar-refractivity contribution in [2.45, 2.75) is 113 Å². The van der Waals surface area contributed by atoms with Gasteiger partial charge in [-0.3, -0.25) is 0 Å². The van der Waals surface area contributed by atoms with Crippen molar-refractivity contribution in [1.29, 1.82) is 0 Å². The predicted molar refractivity (Wildman–Crippen MR) is 110 cm³/mol. The Balaban J connectivity index is 5.64. The number of rotatable bonds is 9. The molecule has 4 N–H and O–H groups in total. The first kappa shape index (κ1) is 23.9. The Hall–Kier alpha value is -0.0800. The zero-order valence-electron chi connectivity index (χ0n) is 18.6. The summed E-state index contributed by atoms with van der Waals surface area (Å²) in [5.41, 5.74) is 13.6. The fraction of sp³-hybridized carbons (Fsp3) is 1.00. The molecule has 146 valence electrons. The first-order chi connectivity index (χ1) is 10.5. The lowest BCUT2D eigenvalue weighted by molar-refractivity contribution is -0.0237. The van der Waals surface area contributed by atoms with E-state index in [1.807, 2.05) is 0 Å². The van der Waals surface area contributed by atoms with Crippen molar-refractivity contribution >= 4 is 0 Å². The zero-order valence-corrected chi connectivity index (χ0v) is 18.6. The molecular formula is C22H48N2. The molecule has 0 aromatic carbocycles. The van der Waals surface area contributed by atoms with E-state index in [4.69, 9.17) is 11.5 Å². The Morgan fingerprint density at radius 2 is 0.958 bits per heavy atom. The van der Waals surface area contributed by atoms with Gasteiger partial charge in [-0.2, -0.15) is 0 Å². The van der Waals surface area contributed by atoms with Crippen molar-refractivity contribution in [1.82, 2.24) is 0 Å². The largest absolute Gasteiger partial charge is 0.330 e. The molecule has 0 radical (unpaired) electrons. The maximum Gasteiger partial charge on any atom is 0.0258 e. The summed E-state index contributed by atoms with van der Waals surface area (Å²) in [5.74, 6) is 0. The molecule has 0 heterocycles. The third-order valence-electron chi connectivity index (χ3n) is 5.64. The van der Waals surface area contributed by atoms with Crippen LogP contribution in [-0.2, 0) is 0 Å². The minimum absolute atomic E-state index is 0.0860. The van der Waals surface area contributed by atoms with Crippen LogP contribution in [0.4, 0.5) is 0 Å². The number of nitrogens with two attached hydrogens (primary N) is 2. The maximum atomic E-state index is 7.32. The highest BCUT2D eigenvalue weighted by atomic mass is 14.8. The van der Waals surface area contributed by atoms with Crippen LogP contribution < -0.4 is 11.5 Å². The average Bonchev–Trinajstić information content (AvgIpc) is 2.27. The van der Waals surface area contributed by atoms with Gasteiger partial charge in [0.25, 0.3) is 0 Å². The summed E-state index contributed by atoms with van der Waals surface area (Å²) in [6, 6.07) is 0. The zero-order chi connectivity index (χ0) is 19.4.